The molecular weight excluding hydrogens is 212 g/mol. The van der Waals surface area contributed by atoms with E-state index < -0.39 is 9.85 Å². The third-order valence-corrected chi connectivity index (χ3v) is 2.93. The van der Waals surface area contributed by atoms with Gasteiger partial charge in [0, 0.05) is 11.6 Å². The maximum Gasteiger partial charge on any atom is 0.279 e. The third kappa shape index (κ3) is 1.73. The first-order chi connectivity index (χ1) is 7.50. The average Bonchev–Trinajstić information content (AvgIpc) is 2.94. The Kier molecular flexibility index (Phi) is 2.34. The summed E-state index contributed by atoms with van der Waals surface area (Å²) in [5.74, 6) is 0.612. The highest BCUT2D eigenvalue weighted by molar-refractivity contribution is 5.52. The van der Waals surface area contributed by atoms with Crippen LogP contribution < -0.4 is 0 Å². The highest BCUT2D eigenvalue weighted by atomic mass is 16.6. The third-order valence-electron chi connectivity index (χ3n) is 2.93. The fraction of sp³-hybridized carbons (Fsp3) is 0.400. The van der Waals surface area contributed by atoms with Crippen LogP contribution in [-0.2, 0) is 0 Å². The molecule has 0 spiro atoms. The van der Waals surface area contributed by atoms with Gasteiger partial charge in [0.2, 0.25) is 0 Å². The van der Waals surface area contributed by atoms with Crippen molar-refractivity contribution in [3.8, 4) is 0 Å². The Bertz CT molecular complexity index is 472. The molecule has 0 radical (unpaired) electrons. The van der Waals surface area contributed by atoms with Crippen molar-refractivity contribution in [1.82, 2.24) is 0 Å². The van der Waals surface area contributed by atoms with E-state index in [9.17, 15) is 20.2 Å². The molecule has 2 atom stereocenters. The summed E-state index contributed by atoms with van der Waals surface area (Å²) >= 11 is 0. The molecule has 1 fully saturated rings. The van der Waals surface area contributed by atoms with Crippen molar-refractivity contribution >= 4 is 11.4 Å². The molecule has 84 valence electrons. The molecular formula is C10H10N2O4. The van der Waals surface area contributed by atoms with Crippen LogP contribution in [0.5, 0.6) is 0 Å². The van der Waals surface area contributed by atoms with Gasteiger partial charge in [-0.3, -0.25) is 20.2 Å². The fourth-order valence-corrected chi connectivity index (χ4v) is 1.87. The summed E-state index contributed by atoms with van der Waals surface area (Å²) in [6, 6.07) is 3.87. The molecule has 1 saturated carbocycles. The SMILES string of the molecule is C[C@H]1C[C@H]1c1ccc([N+](=O)[O-])cc1[N+](=O)[O-]. The highest BCUT2D eigenvalue weighted by Crippen LogP contribution is 2.50. The van der Waals surface area contributed by atoms with E-state index >= 15 is 0 Å². The quantitative estimate of drug-likeness (QED) is 0.581. The van der Waals surface area contributed by atoms with Gasteiger partial charge in [-0.15, -0.1) is 0 Å². The minimum absolute atomic E-state index is 0.136. The van der Waals surface area contributed by atoms with Gasteiger partial charge in [0.1, 0.15) is 0 Å². The lowest BCUT2D eigenvalue weighted by atomic mass is 10.1. The monoisotopic (exact) mass is 222 g/mol. The summed E-state index contributed by atoms with van der Waals surface area (Å²) in [6.45, 7) is 2.01. The lowest BCUT2D eigenvalue weighted by Crippen LogP contribution is -1.97. The Morgan fingerprint density at radius 2 is 1.88 bits per heavy atom. The number of hydrogen-bond donors (Lipinski definition) is 0. The first kappa shape index (κ1) is 10.5. The molecule has 0 heterocycles. The summed E-state index contributed by atoms with van der Waals surface area (Å²) < 4.78 is 0. The van der Waals surface area contributed by atoms with Crippen LogP contribution in [0, 0.1) is 26.1 Å². The van der Waals surface area contributed by atoms with E-state index in [0.29, 0.717) is 11.5 Å². The van der Waals surface area contributed by atoms with E-state index in [1.54, 1.807) is 0 Å². The zero-order valence-electron chi connectivity index (χ0n) is 8.62. The van der Waals surface area contributed by atoms with Crippen molar-refractivity contribution in [3.05, 3.63) is 44.0 Å². The maximum atomic E-state index is 10.8. The van der Waals surface area contributed by atoms with Crippen LogP contribution in [0.2, 0.25) is 0 Å². The van der Waals surface area contributed by atoms with E-state index in [0.717, 1.165) is 12.5 Å². The predicted octanol–water partition coefficient (Wildman–Crippen LogP) is 2.63. The van der Waals surface area contributed by atoms with E-state index in [4.69, 9.17) is 0 Å². The Balaban J connectivity index is 2.45. The normalized spacial score (nSPS) is 22.8. The molecule has 0 aromatic heterocycles. The molecule has 6 nitrogen and oxygen atoms in total. The Labute approximate surface area is 91.2 Å². The van der Waals surface area contributed by atoms with Crippen LogP contribution in [0.3, 0.4) is 0 Å². The maximum absolute atomic E-state index is 10.8. The first-order valence-corrected chi connectivity index (χ1v) is 4.93. The molecule has 1 aromatic rings. The summed E-state index contributed by atoms with van der Waals surface area (Å²) in [5.41, 5.74) is 0.246. The summed E-state index contributed by atoms with van der Waals surface area (Å²) in [4.78, 5) is 20.2. The largest absolute Gasteiger partial charge is 0.279 e. The van der Waals surface area contributed by atoms with Gasteiger partial charge in [-0.2, -0.15) is 0 Å². The van der Waals surface area contributed by atoms with Gasteiger partial charge < -0.3 is 0 Å². The minimum atomic E-state index is -0.618. The molecule has 0 aliphatic heterocycles. The number of non-ortho nitro benzene ring substituents is 1. The molecule has 0 N–H and O–H groups in total. The first-order valence-electron chi connectivity index (χ1n) is 4.93. The van der Waals surface area contributed by atoms with Gasteiger partial charge in [0.25, 0.3) is 11.4 Å². The molecule has 2 rings (SSSR count). The highest BCUT2D eigenvalue weighted by Gasteiger charge is 2.39. The van der Waals surface area contributed by atoms with Crippen molar-refractivity contribution in [3.63, 3.8) is 0 Å². The Morgan fingerprint density at radius 3 is 2.31 bits per heavy atom. The van der Waals surface area contributed by atoms with Crippen LogP contribution in [0.4, 0.5) is 11.4 Å². The van der Waals surface area contributed by atoms with Crippen LogP contribution in [0.1, 0.15) is 24.8 Å². The smallest absolute Gasteiger partial charge is 0.258 e. The topological polar surface area (TPSA) is 86.3 Å². The second kappa shape index (κ2) is 3.55. The van der Waals surface area contributed by atoms with Gasteiger partial charge in [-0.25, -0.2) is 0 Å². The zero-order valence-corrected chi connectivity index (χ0v) is 8.62. The van der Waals surface area contributed by atoms with Crippen LogP contribution in [-0.4, -0.2) is 9.85 Å². The van der Waals surface area contributed by atoms with Gasteiger partial charge in [-0.1, -0.05) is 6.92 Å². The van der Waals surface area contributed by atoms with Gasteiger partial charge in [0.05, 0.1) is 15.9 Å². The molecule has 0 bridgehead atoms. The lowest BCUT2D eigenvalue weighted by Gasteiger charge is -2.00. The number of rotatable bonds is 3. The predicted molar refractivity (Wildman–Crippen MR) is 56.3 cm³/mol. The number of nitrogens with zero attached hydrogens (tertiary/aromatic N) is 2. The second-order valence-corrected chi connectivity index (χ2v) is 4.08. The van der Waals surface area contributed by atoms with Crippen LogP contribution in [0.25, 0.3) is 0 Å². The molecule has 0 amide bonds. The Hall–Kier alpha value is -1.98. The summed E-state index contributed by atoms with van der Waals surface area (Å²) in [7, 11) is 0. The second-order valence-electron chi connectivity index (χ2n) is 4.08. The molecule has 0 unspecified atom stereocenters. The molecule has 16 heavy (non-hydrogen) atoms. The molecule has 0 saturated heterocycles. The standard InChI is InChI=1S/C10H10N2O4/c1-6-4-9(6)8-3-2-7(11(13)14)5-10(8)12(15)16/h2-3,5-6,9H,4H2,1H3/t6-,9+/m0/s1. The summed E-state index contributed by atoms with van der Waals surface area (Å²) in [5, 5.41) is 21.3. The van der Waals surface area contributed by atoms with Gasteiger partial charge in [-0.05, 0) is 24.3 Å². The molecule has 6 heteroatoms. The van der Waals surface area contributed by atoms with E-state index in [1.807, 2.05) is 6.92 Å². The van der Waals surface area contributed by atoms with Crippen molar-refractivity contribution < 1.29 is 9.85 Å². The van der Waals surface area contributed by atoms with Crippen molar-refractivity contribution in [2.24, 2.45) is 5.92 Å². The number of benzene rings is 1. The van der Waals surface area contributed by atoms with E-state index in [1.165, 1.54) is 12.1 Å². The lowest BCUT2D eigenvalue weighted by molar-refractivity contribution is -0.394. The molecule has 1 aromatic carbocycles. The average molecular weight is 222 g/mol. The van der Waals surface area contributed by atoms with Crippen LogP contribution in [0.15, 0.2) is 18.2 Å². The van der Waals surface area contributed by atoms with Gasteiger partial charge in [0.15, 0.2) is 0 Å². The van der Waals surface area contributed by atoms with Crippen molar-refractivity contribution in [2.45, 2.75) is 19.3 Å². The van der Waals surface area contributed by atoms with Crippen molar-refractivity contribution in [2.75, 3.05) is 0 Å². The Morgan fingerprint density at radius 1 is 1.25 bits per heavy atom. The number of hydrogen-bond acceptors (Lipinski definition) is 4. The molecule has 1 aliphatic rings. The number of nitro benzene ring substituents is 2. The van der Waals surface area contributed by atoms with Crippen molar-refractivity contribution in [1.29, 1.82) is 0 Å². The van der Waals surface area contributed by atoms with Crippen LogP contribution >= 0.6 is 0 Å². The number of nitro groups is 2. The minimum Gasteiger partial charge on any atom is -0.258 e. The zero-order chi connectivity index (χ0) is 11.9. The van der Waals surface area contributed by atoms with E-state index in [2.05, 4.69) is 0 Å². The molecule has 1 aliphatic carbocycles. The summed E-state index contributed by atoms with van der Waals surface area (Å²) in [6.07, 6.45) is 0.915. The van der Waals surface area contributed by atoms with E-state index in [-0.39, 0.29) is 17.3 Å². The fourth-order valence-electron chi connectivity index (χ4n) is 1.87. The van der Waals surface area contributed by atoms with Gasteiger partial charge >= 0.3 is 0 Å².